The SMILES string of the molecule is COC1(CN(C)C)CCN(C(=O)c2ccc(C)c(N3CCNC3=O)c2)CC1. The van der Waals surface area contributed by atoms with Crippen LogP contribution in [0.5, 0.6) is 0 Å². The van der Waals surface area contributed by atoms with E-state index in [9.17, 15) is 9.59 Å². The third-order valence-electron chi connectivity index (χ3n) is 5.60. The fraction of sp³-hybridized carbons (Fsp3) is 0.600. The van der Waals surface area contributed by atoms with Gasteiger partial charge >= 0.3 is 6.03 Å². The molecular formula is C20H30N4O3. The molecule has 2 aliphatic heterocycles. The predicted octanol–water partition coefficient (Wildman–Crippen LogP) is 1.71. The molecule has 0 atom stereocenters. The molecule has 7 nitrogen and oxygen atoms in total. The van der Waals surface area contributed by atoms with Crippen LogP contribution >= 0.6 is 0 Å². The number of nitrogens with one attached hydrogen (secondary N) is 1. The zero-order chi connectivity index (χ0) is 19.6. The van der Waals surface area contributed by atoms with Crippen LogP contribution in [0.4, 0.5) is 10.5 Å². The number of methoxy groups -OCH3 is 1. The topological polar surface area (TPSA) is 65.1 Å². The Balaban J connectivity index is 1.73. The van der Waals surface area contributed by atoms with Gasteiger partial charge in [-0.1, -0.05) is 6.07 Å². The van der Waals surface area contributed by atoms with Crippen LogP contribution in [0.15, 0.2) is 18.2 Å². The number of aryl methyl sites for hydroxylation is 1. The van der Waals surface area contributed by atoms with Crippen LogP contribution in [0.25, 0.3) is 0 Å². The summed E-state index contributed by atoms with van der Waals surface area (Å²) in [6.07, 6.45) is 1.64. The summed E-state index contributed by atoms with van der Waals surface area (Å²) < 4.78 is 5.81. The predicted molar refractivity (Wildman–Crippen MR) is 105 cm³/mol. The van der Waals surface area contributed by atoms with Crippen molar-refractivity contribution < 1.29 is 14.3 Å². The second-order valence-corrected chi connectivity index (χ2v) is 7.80. The van der Waals surface area contributed by atoms with E-state index in [1.807, 2.05) is 44.1 Å². The maximum absolute atomic E-state index is 13.0. The first-order chi connectivity index (χ1) is 12.8. The van der Waals surface area contributed by atoms with Crippen molar-refractivity contribution in [3.05, 3.63) is 29.3 Å². The third kappa shape index (κ3) is 4.09. The van der Waals surface area contributed by atoms with E-state index in [2.05, 4.69) is 10.2 Å². The molecule has 148 valence electrons. The van der Waals surface area contributed by atoms with Gasteiger partial charge in [0.1, 0.15) is 0 Å². The molecule has 27 heavy (non-hydrogen) atoms. The van der Waals surface area contributed by atoms with E-state index in [1.165, 1.54) is 0 Å². The van der Waals surface area contributed by atoms with Gasteiger partial charge in [0.25, 0.3) is 5.91 Å². The zero-order valence-electron chi connectivity index (χ0n) is 16.7. The molecule has 0 saturated carbocycles. The Labute approximate surface area is 161 Å². The van der Waals surface area contributed by atoms with Crippen molar-refractivity contribution in [3.63, 3.8) is 0 Å². The van der Waals surface area contributed by atoms with Gasteiger partial charge in [-0.15, -0.1) is 0 Å². The first-order valence-electron chi connectivity index (χ1n) is 9.50. The minimum absolute atomic E-state index is 0.0189. The molecular weight excluding hydrogens is 344 g/mol. The number of rotatable bonds is 5. The van der Waals surface area contributed by atoms with Crippen LogP contribution in [0.3, 0.4) is 0 Å². The smallest absolute Gasteiger partial charge is 0.322 e. The fourth-order valence-corrected chi connectivity index (χ4v) is 4.04. The minimum atomic E-state index is -0.188. The number of anilines is 1. The molecule has 7 heteroatoms. The standard InChI is InChI=1S/C20H30N4O3/c1-15-5-6-16(13-17(15)24-12-9-21-19(24)26)18(25)23-10-7-20(27-4,8-11-23)14-22(2)3/h5-6,13H,7-12,14H2,1-4H3,(H,21,26). The van der Waals surface area contributed by atoms with Crippen LogP contribution in [0.2, 0.25) is 0 Å². The first-order valence-corrected chi connectivity index (χ1v) is 9.50. The van der Waals surface area contributed by atoms with Gasteiger partial charge < -0.3 is 19.9 Å². The summed E-state index contributed by atoms with van der Waals surface area (Å²) in [6, 6.07) is 5.52. The van der Waals surface area contributed by atoms with Crippen molar-refractivity contribution >= 4 is 17.6 Å². The van der Waals surface area contributed by atoms with Gasteiger partial charge in [-0.3, -0.25) is 9.69 Å². The van der Waals surface area contributed by atoms with Gasteiger partial charge in [0.2, 0.25) is 0 Å². The number of hydrogen-bond acceptors (Lipinski definition) is 4. The lowest BCUT2D eigenvalue weighted by Gasteiger charge is -2.42. The summed E-state index contributed by atoms with van der Waals surface area (Å²) in [5.41, 5.74) is 2.25. The van der Waals surface area contributed by atoms with Crippen LogP contribution in [-0.2, 0) is 4.74 Å². The van der Waals surface area contributed by atoms with Crippen molar-refractivity contribution in [1.29, 1.82) is 0 Å². The molecule has 2 aliphatic rings. The first kappa shape index (κ1) is 19.6. The maximum atomic E-state index is 13.0. The quantitative estimate of drug-likeness (QED) is 0.852. The normalized spacial score (nSPS) is 19.5. The molecule has 1 aromatic rings. The zero-order valence-corrected chi connectivity index (χ0v) is 16.7. The number of piperidine rings is 1. The van der Waals surface area contributed by atoms with Crippen LogP contribution in [-0.4, -0.2) is 81.3 Å². The number of amides is 3. The Morgan fingerprint density at radius 2 is 1.96 bits per heavy atom. The Bertz CT molecular complexity index is 711. The molecule has 0 spiro atoms. The molecule has 2 saturated heterocycles. The summed E-state index contributed by atoms with van der Waals surface area (Å²) in [5, 5.41) is 2.81. The van der Waals surface area contributed by atoms with Crippen molar-refractivity contribution in [2.75, 3.05) is 58.8 Å². The molecule has 0 radical (unpaired) electrons. The third-order valence-corrected chi connectivity index (χ3v) is 5.60. The number of carbonyl (C=O) groups is 2. The summed E-state index contributed by atoms with van der Waals surface area (Å²) in [4.78, 5) is 30.8. The molecule has 1 aromatic carbocycles. The Morgan fingerprint density at radius 3 is 2.52 bits per heavy atom. The van der Waals surface area contributed by atoms with Gasteiger partial charge in [0, 0.05) is 51.1 Å². The molecule has 2 heterocycles. The Morgan fingerprint density at radius 1 is 1.26 bits per heavy atom. The fourth-order valence-electron chi connectivity index (χ4n) is 4.04. The lowest BCUT2D eigenvalue weighted by molar-refractivity contribution is -0.0654. The van der Waals surface area contributed by atoms with Gasteiger partial charge in [0.05, 0.1) is 5.60 Å². The molecule has 3 amide bonds. The molecule has 2 fully saturated rings. The minimum Gasteiger partial charge on any atom is -0.377 e. The average Bonchev–Trinajstić information content (AvgIpc) is 3.07. The van der Waals surface area contributed by atoms with Crippen LogP contribution in [0, 0.1) is 6.92 Å². The van der Waals surface area contributed by atoms with Gasteiger partial charge in [-0.25, -0.2) is 4.79 Å². The second kappa shape index (κ2) is 7.86. The number of hydrogen-bond donors (Lipinski definition) is 1. The number of nitrogens with zero attached hydrogens (tertiary/aromatic N) is 3. The number of benzene rings is 1. The van der Waals surface area contributed by atoms with Crippen molar-refractivity contribution in [2.45, 2.75) is 25.4 Å². The van der Waals surface area contributed by atoms with Gasteiger partial charge in [-0.05, 0) is 51.6 Å². The molecule has 0 aliphatic carbocycles. The van der Waals surface area contributed by atoms with Crippen molar-refractivity contribution in [3.8, 4) is 0 Å². The highest BCUT2D eigenvalue weighted by atomic mass is 16.5. The molecule has 1 N–H and O–H groups in total. The van der Waals surface area contributed by atoms with E-state index in [0.717, 1.165) is 30.6 Å². The van der Waals surface area contributed by atoms with E-state index < -0.39 is 0 Å². The summed E-state index contributed by atoms with van der Waals surface area (Å²) in [5.74, 6) is 0.0189. The maximum Gasteiger partial charge on any atom is 0.322 e. The van der Waals surface area contributed by atoms with Crippen LogP contribution in [0.1, 0.15) is 28.8 Å². The van der Waals surface area contributed by atoms with Crippen molar-refractivity contribution in [2.24, 2.45) is 0 Å². The largest absolute Gasteiger partial charge is 0.377 e. The Kier molecular flexibility index (Phi) is 5.72. The number of urea groups is 1. The van der Waals surface area contributed by atoms with Gasteiger partial charge in [0.15, 0.2) is 0 Å². The van der Waals surface area contributed by atoms with Crippen molar-refractivity contribution in [1.82, 2.24) is 15.1 Å². The summed E-state index contributed by atoms with van der Waals surface area (Å²) >= 11 is 0. The van der Waals surface area contributed by atoms with E-state index in [4.69, 9.17) is 4.74 Å². The number of likely N-dealkylation sites (tertiary alicyclic amines) is 1. The lowest BCUT2D eigenvalue weighted by atomic mass is 9.90. The highest BCUT2D eigenvalue weighted by molar-refractivity contribution is 5.99. The van der Waals surface area contributed by atoms with Crippen LogP contribution < -0.4 is 10.2 Å². The summed E-state index contributed by atoms with van der Waals surface area (Å²) in [7, 11) is 5.84. The van der Waals surface area contributed by atoms with E-state index >= 15 is 0 Å². The molecule has 3 rings (SSSR count). The average molecular weight is 374 g/mol. The second-order valence-electron chi connectivity index (χ2n) is 7.80. The number of likely N-dealkylation sites (N-methyl/N-ethyl adjacent to an activating group) is 1. The van der Waals surface area contributed by atoms with E-state index in [-0.39, 0.29) is 17.5 Å². The number of carbonyl (C=O) groups excluding carboxylic acids is 2. The monoisotopic (exact) mass is 374 g/mol. The van der Waals surface area contributed by atoms with Gasteiger partial charge in [-0.2, -0.15) is 0 Å². The molecule has 0 aromatic heterocycles. The molecule has 0 bridgehead atoms. The van der Waals surface area contributed by atoms with E-state index in [1.54, 1.807) is 12.0 Å². The highest BCUT2D eigenvalue weighted by Gasteiger charge is 2.36. The number of ether oxygens (including phenoxy) is 1. The lowest BCUT2D eigenvalue weighted by Crippen LogP contribution is -2.52. The van der Waals surface area contributed by atoms with E-state index in [0.29, 0.717) is 31.7 Å². The highest BCUT2D eigenvalue weighted by Crippen LogP contribution is 2.29. The Hall–Kier alpha value is -2.12. The summed E-state index contributed by atoms with van der Waals surface area (Å²) in [6.45, 7) is 5.42. The molecule has 0 unspecified atom stereocenters.